The molecule has 2 amide bonds. The normalized spacial score (nSPS) is 16.0. The van der Waals surface area contributed by atoms with Crippen LogP contribution in [0.3, 0.4) is 0 Å². The number of hydrogen-bond donors (Lipinski definition) is 1. The third-order valence-electron chi connectivity index (χ3n) is 5.53. The minimum atomic E-state index is -0.379. The highest BCUT2D eigenvalue weighted by molar-refractivity contribution is 5.92. The number of nitrogens with zero attached hydrogens (tertiary/aromatic N) is 2. The molecule has 0 radical (unpaired) electrons. The lowest BCUT2D eigenvalue weighted by Crippen LogP contribution is -2.43. The van der Waals surface area contributed by atoms with Gasteiger partial charge < -0.3 is 19.5 Å². The molecule has 32 heavy (non-hydrogen) atoms. The predicted molar refractivity (Wildman–Crippen MR) is 119 cm³/mol. The molecule has 7 heteroatoms. The fourth-order valence-corrected chi connectivity index (χ4v) is 3.79. The third kappa shape index (κ3) is 5.62. The SMILES string of the molecule is O=C(NCc1ccccc1)c1cc(C2COCCN2C(=O)CCCc2ccccc2)on1. The van der Waals surface area contributed by atoms with E-state index in [1.807, 2.05) is 48.5 Å². The van der Waals surface area contributed by atoms with Crippen molar-refractivity contribution in [1.29, 1.82) is 0 Å². The van der Waals surface area contributed by atoms with E-state index in [-0.39, 0.29) is 23.6 Å². The van der Waals surface area contributed by atoms with E-state index in [4.69, 9.17) is 9.26 Å². The van der Waals surface area contributed by atoms with E-state index in [9.17, 15) is 9.59 Å². The molecular weight excluding hydrogens is 406 g/mol. The molecule has 1 saturated heterocycles. The van der Waals surface area contributed by atoms with Crippen LogP contribution < -0.4 is 5.32 Å². The lowest BCUT2D eigenvalue weighted by molar-refractivity contribution is -0.141. The number of benzene rings is 2. The summed E-state index contributed by atoms with van der Waals surface area (Å²) in [4.78, 5) is 27.1. The number of aromatic nitrogens is 1. The van der Waals surface area contributed by atoms with Gasteiger partial charge in [0, 0.05) is 25.6 Å². The third-order valence-corrected chi connectivity index (χ3v) is 5.53. The molecule has 7 nitrogen and oxygen atoms in total. The lowest BCUT2D eigenvalue weighted by Gasteiger charge is -2.34. The Morgan fingerprint density at radius 3 is 2.50 bits per heavy atom. The van der Waals surface area contributed by atoms with Crippen LogP contribution >= 0.6 is 0 Å². The van der Waals surface area contributed by atoms with Crippen LogP contribution in [0.2, 0.25) is 0 Å². The summed E-state index contributed by atoms with van der Waals surface area (Å²) in [6.07, 6.45) is 2.08. The molecule has 2 heterocycles. The summed E-state index contributed by atoms with van der Waals surface area (Å²) in [5.41, 5.74) is 2.41. The molecule has 0 bridgehead atoms. The summed E-state index contributed by atoms with van der Waals surface area (Å²) in [5, 5.41) is 6.75. The zero-order valence-electron chi connectivity index (χ0n) is 17.9. The number of aryl methyl sites for hydroxylation is 1. The minimum absolute atomic E-state index is 0.0562. The van der Waals surface area contributed by atoms with Crippen molar-refractivity contribution in [3.8, 4) is 0 Å². The highest BCUT2D eigenvalue weighted by Crippen LogP contribution is 2.26. The van der Waals surface area contributed by atoms with Crippen molar-refractivity contribution >= 4 is 11.8 Å². The predicted octanol–water partition coefficient (Wildman–Crippen LogP) is 3.53. The van der Waals surface area contributed by atoms with E-state index in [0.717, 1.165) is 18.4 Å². The number of nitrogens with one attached hydrogen (secondary N) is 1. The molecule has 1 fully saturated rings. The van der Waals surface area contributed by atoms with E-state index >= 15 is 0 Å². The topological polar surface area (TPSA) is 84.7 Å². The zero-order valence-corrected chi connectivity index (χ0v) is 17.9. The van der Waals surface area contributed by atoms with Gasteiger partial charge in [-0.1, -0.05) is 65.8 Å². The summed E-state index contributed by atoms with van der Waals surface area (Å²) in [5.74, 6) is 0.202. The Hall–Kier alpha value is -3.45. The first-order valence-electron chi connectivity index (χ1n) is 10.9. The summed E-state index contributed by atoms with van der Waals surface area (Å²) in [6.45, 7) is 1.70. The maximum Gasteiger partial charge on any atom is 0.273 e. The van der Waals surface area contributed by atoms with Crippen molar-refractivity contribution in [2.24, 2.45) is 0 Å². The van der Waals surface area contributed by atoms with Crippen LogP contribution in [0.1, 0.15) is 46.3 Å². The van der Waals surface area contributed by atoms with Crippen molar-refractivity contribution in [2.75, 3.05) is 19.8 Å². The van der Waals surface area contributed by atoms with Gasteiger partial charge in [-0.15, -0.1) is 0 Å². The van der Waals surface area contributed by atoms with E-state index in [2.05, 4.69) is 22.6 Å². The molecule has 1 aliphatic heterocycles. The Bertz CT molecular complexity index is 1020. The first-order chi connectivity index (χ1) is 15.7. The molecule has 1 atom stereocenters. The van der Waals surface area contributed by atoms with Crippen LogP contribution in [0.15, 0.2) is 71.3 Å². The van der Waals surface area contributed by atoms with Crippen LogP contribution in [-0.4, -0.2) is 41.6 Å². The fourth-order valence-electron chi connectivity index (χ4n) is 3.79. The zero-order chi connectivity index (χ0) is 22.2. The number of amides is 2. The standard InChI is InChI=1S/C25H27N3O4/c29-24(13-7-12-19-8-3-1-4-9-19)28-14-15-31-18-22(28)23-16-21(27-32-23)25(30)26-17-20-10-5-2-6-11-20/h1-6,8-11,16,22H,7,12-15,17-18H2,(H,26,30). The number of carbonyl (C=O) groups excluding carboxylic acids is 2. The van der Waals surface area contributed by atoms with Gasteiger partial charge in [-0.2, -0.15) is 0 Å². The quantitative estimate of drug-likeness (QED) is 0.588. The Morgan fingerprint density at radius 1 is 1.03 bits per heavy atom. The molecule has 0 saturated carbocycles. The van der Waals surface area contributed by atoms with Gasteiger partial charge in [-0.25, -0.2) is 0 Å². The highest BCUT2D eigenvalue weighted by atomic mass is 16.5. The number of rotatable bonds is 8. The van der Waals surface area contributed by atoms with Crippen molar-refractivity contribution < 1.29 is 18.8 Å². The molecule has 4 rings (SSSR count). The monoisotopic (exact) mass is 433 g/mol. The molecule has 0 spiro atoms. The Kier molecular flexibility index (Phi) is 7.30. The second-order valence-electron chi connectivity index (χ2n) is 7.80. The Morgan fingerprint density at radius 2 is 1.75 bits per heavy atom. The average Bonchev–Trinajstić information content (AvgIpc) is 3.34. The first kappa shape index (κ1) is 21.8. The molecule has 2 aromatic carbocycles. The van der Waals surface area contributed by atoms with E-state index in [1.54, 1.807) is 11.0 Å². The highest BCUT2D eigenvalue weighted by Gasteiger charge is 2.32. The van der Waals surface area contributed by atoms with E-state index in [1.165, 1.54) is 5.56 Å². The van der Waals surface area contributed by atoms with Crippen LogP contribution in [-0.2, 0) is 22.5 Å². The molecule has 1 N–H and O–H groups in total. The smallest absolute Gasteiger partial charge is 0.273 e. The van der Waals surface area contributed by atoms with Crippen molar-refractivity contribution in [3.63, 3.8) is 0 Å². The molecule has 1 unspecified atom stereocenters. The van der Waals surface area contributed by atoms with Gasteiger partial charge in [-0.3, -0.25) is 9.59 Å². The summed E-state index contributed by atoms with van der Waals surface area (Å²) in [7, 11) is 0. The van der Waals surface area contributed by atoms with Gasteiger partial charge in [0.05, 0.1) is 13.2 Å². The van der Waals surface area contributed by atoms with E-state index < -0.39 is 0 Å². The van der Waals surface area contributed by atoms with Crippen LogP contribution in [0.4, 0.5) is 0 Å². The summed E-state index contributed by atoms with van der Waals surface area (Å²) < 4.78 is 11.0. The largest absolute Gasteiger partial charge is 0.377 e. The molecule has 3 aromatic rings. The summed E-state index contributed by atoms with van der Waals surface area (Å²) >= 11 is 0. The first-order valence-corrected chi connectivity index (χ1v) is 10.9. The molecule has 1 aromatic heterocycles. The van der Waals surface area contributed by atoms with Gasteiger partial charge in [0.25, 0.3) is 5.91 Å². The van der Waals surface area contributed by atoms with Crippen molar-refractivity contribution in [3.05, 3.63) is 89.3 Å². The van der Waals surface area contributed by atoms with Gasteiger partial charge in [-0.05, 0) is 24.0 Å². The van der Waals surface area contributed by atoms with Crippen LogP contribution in [0.25, 0.3) is 0 Å². The fraction of sp³-hybridized carbons (Fsp3) is 0.320. The summed E-state index contributed by atoms with van der Waals surface area (Å²) in [6, 6.07) is 21.0. The molecular formula is C25H27N3O4. The Balaban J connectivity index is 1.34. The van der Waals surface area contributed by atoms with E-state index in [0.29, 0.717) is 38.5 Å². The van der Waals surface area contributed by atoms with Crippen LogP contribution in [0.5, 0.6) is 0 Å². The number of ether oxygens (including phenoxy) is 1. The lowest BCUT2D eigenvalue weighted by atomic mass is 10.1. The number of carbonyl (C=O) groups is 2. The second-order valence-corrected chi connectivity index (χ2v) is 7.80. The molecule has 166 valence electrons. The second kappa shape index (κ2) is 10.7. The van der Waals surface area contributed by atoms with Crippen molar-refractivity contribution in [1.82, 2.24) is 15.4 Å². The molecule has 0 aliphatic carbocycles. The van der Waals surface area contributed by atoms with Gasteiger partial charge in [0.15, 0.2) is 11.5 Å². The van der Waals surface area contributed by atoms with Gasteiger partial charge >= 0.3 is 0 Å². The average molecular weight is 434 g/mol. The molecule has 1 aliphatic rings. The minimum Gasteiger partial charge on any atom is -0.377 e. The van der Waals surface area contributed by atoms with Crippen molar-refractivity contribution in [2.45, 2.75) is 31.8 Å². The maximum absolute atomic E-state index is 12.9. The number of morpholine rings is 1. The van der Waals surface area contributed by atoms with Crippen LogP contribution in [0, 0.1) is 0 Å². The number of hydrogen-bond acceptors (Lipinski definition) is 5. The Labute approximate surface area is 187 Å². The van der Waals surface area contributed by atoms with Gasteiger partial charge in [0.1, 0.15) is 6.04 Å². The maximum atomic E-state index is 12.9. The van der Waals surface area contributed by atoms with Gasteiger partial charge in [0.2, 0.25) is 5.91 Å².